The fourth-order valence-electron chi connectivity index (χ4n) is 8.16. The van der Waals surface area contributed by atoms with Crippen LogP contribution in [0, 0.1) is 5.92 Å². The summed E-state index contributed by atoms with van der Waals surface area (Å²) in [5.41, 5.74) is 17.3. The molecule has 0 saturated heterocycles. The maximum atomic E-state index is 4.75. The summed E-state index contributed by atoms with van der Waals surface area (Å²) in [4.78, 5) is 2.40. The molecule has 8 rings (SSSR count). The molecule has 0 radical (unpaired) electrons. The Hall–Kier alpha value is -6.70. The van der Waals surface area contributed by atoms with Crippen molar-refractivity contribution in [3.05, 3.63) is 236 Å². The quantitative estimate of drug-likeness (QED) is 0.120. The van der Waals surface area contributed by atoms with E-state index in [0.717, 1.165) is 50.5 Å². The summed E-state index contributed by atoms with van der Waals surface area (Å²) in [5, 5.41) is 0. The standard InChI is InChI=1S/C55H47N/c1-39(32-34-40(2)46-26-15-16-27-47(46)42-20-9-6-10-21-42)33-35-41(3)54-48(43-22-11-7-12-23-43)29-19-31-53(54)56(44-24-13-8-14-25-44)45-36-37-50-49-28-17-18-30-51(49)55(4,5)52(50)38-45/h6-39H,2-3H2,1,4-5H3/b34-32-,35-33-. The van der Waals surface area contributed by atoms with Crippen LogP contribution in [0.2, 0.25) is 0 Å². The lowest BCUT2D eigenvalue weighted by molar-refractivity contribution is 0.660. The number of hydrogen-bond acceptors (Lipinski definition) is 1. The van der Waals surface area contributed by atoms with Crippen molar-refractivity contribution in [3.8, 4) is 33.4 Å². The van der Waals surface area contributed by atoms with Crippen molar-refractivity contribution in [1.82, 2.24) is 0 Å². The number of nitrogens with zero attached hydrogens (tertiary/aromatic N) is 1. The summed E-state index contributed by atoms with van der Waals surface area (Å²) in [6.07, 6.45) is 8.79. The zero-order valence-electron chi connectivity index (χ0n) is 32.5. The molecule has 0 bridgehead atoms. The van der Waals surface area contributed by atoms with Gasteiger partial charge in [-0.3, -0.25) is 0 Å². The van der Waals surface area contributed by atoms with Gasteiger partial charge in [0.1, 0.15) is 0 Å². The van der Waals surface area contributed by atoms with Crippen LogP contribution in [0.3, 0.4) is 0 Å². The minimum atomic E-state index is -0.121. The molecule has 0 N–H and O–H groups in total. The highest BCUT2D eigenvalue weighted by atomic mass is 15.1. The second-order valence-electron chi connectivity index (χ2n) is 15.2. The number of fused-ring (bicyclic) bond motifs is 3. The third-order valence-corrected chi connectivity index (χ3v) is 11.1. The number of para-hydroxylation sites is 1. The van der Waals surface area contributed by atoms with Crippen LogP contribution in [0.15, 0.2) is 213 Å². The molecule has 1 aliphatic rings. The molecule has 1 heteroatoms. The fraction of sp³-hybridized carbons (Fsp3) is 0.0909. The Kier molecular flexibility index (Phi) is 10.1. The highest BCUT2D eigenvalue weighted by Gasteiger charge is 2.36. The van der Waals surface area contributed by atoms with Gasteiger partial charge in [0.05, 0.1) is 5.69 Å². The number of benzene rings is 7. The molecule has 0 aromatic heterocycles. The molecule has 0 aliphatic heterocycles. The molecule has 7 aromatic carbocycles. The average Bonchev–Trinajstić information content (AvgIpc) is 3.48. The van der Waals surface area contributed by atoms with E-state index in [0.29, 0.717) is 0 Å². The van der Waals surface area contributed by atoms with Crippen LogP contribution in [-0.4, -0.2) is 0 Å². The smallest absolute Gasteiger partial charge is 0.0546 e. The van der Waals surface area contributed by atoms with Gasteiger partial charge in [0.2, 0.25) is 0 Å². The molecule has 1 nitrogen and oxygen atoms in total. The molecule has 0 saturated carbocycles. The Morgan fingerprint density at radius 3 is 1.73 bits per heavy atom. The summed E-state index contributed by atoms with van der Waals surface area (Å²) in [5.74, 6) is 0.144. The van der Waals surface area contributed by atoms with E-state index in [1.54, 1.807) is 0 Å². The van der Waals surface area contributed by atoms with E-state index in [1.807, 2.05) is 0 Å². The SMILES string of the molecule is C=C(/C=C\C(C)/C=C\C(=C)c1c(-c2ccccc2)cccc1N(c1ccccc1)c1ccc2c(c1)C(C)(C)c1ccccc1-2)c1ccccc1-c1ccccc1. The predicted octanol–water partition coefficient (Wildman–Crippen LogP) is 15.3. The second kappa shape index (κ2) is 15.6. The van der Waals surface area contributed by atoms with Gasteiger partial charge in [-0.05, 0) is 97.5 Å². The first-order valence-corrected chi connectivity index (χ1v) is 19.5. The first kappa shape index (κ1) is 36.3. The molecule has 0 heterocycles. The number of rotatable bonds is 11. The lowest BCUT2D eigenvalue weighted by Crippen LogP contribution is -2.17. The summed E-state index contributed by atoms with van der Waals surface area (Å²) in [7, 11) is 0. The zero-order valence-corrected chi connectivity index (χ0v) is 32.5. The van der Waals surface area contributed by atoms with E-state index >= 15 is 0 Å². The van der Waals surface area contributed by atoms with Crippen molar-refractivity contribution in [2.75, 3.05) is 4.90 Å². The Morgan fingerprint density at radius 2 is 1.04 bits per heavy atom. The average molecular weight is 722 g/mol. The van der Waals surface area contributed by atoms with Crippen LogP contribution in [0.25, 0.3) is 44.5 Å². The summed E-state index contributed by atoms with van der Waals surface area (Å²) in [6, 6.07) is 62.8. The summed E-state index contributed by atoms with van der Waals surface area (Å²) < 4.78 is 0. The van der Waals surface area contributed by atoms with Crippen LogP contribution in [0.5, 0.6) is 0 Å². The highest BCUT2D eigenvalue weighted by molar-refractivity contribution is 5.96. The highest BCUT2D eigenvalue weighted by Crippen LogP contribution is 2.51. The second-order valence-corrected chi connectivity index (χ2v) is 15.2. The van der Waals surface area contributed by atoms with Gasteiger partial charge < -0.3 is 4.90 Å². The Morgan fingerprint density at radius 1 is 0.500 bits per heavy atom. The maximum absolute atomic E-state index is 4.75. The largest absolute Gasteiger partial charge is 0.310 e. The molecular weight excluding hydrogens is 675 g/mol. The van der Waals surface area contributed by atoms with E-state index in [-0.39, 0.29) is 11.3 Å². The van der Waals surface area contributed by atoms with Gasteiger partial charge in [-0.2, -0.15) is 0 Å². The number of hydrogen-bond donors (Lipinski definition) is 0. The van der Waals surface area contributed by atoms with Gasteiger partial charge in [0.15, 0.2) is 0 Å². The third-order valence-electron chi connectivity index (χ3n) is 11.1. The minimum Gasteiger partial charge on any atom is -0.310 e. The molecule has 0 spiro atoms. The molecule has 1 aliphatic carbocycles. The predicted molar refractivity (Wildman–Crippen MR) is 242 cm³/mol. The molecule has 56 heavy (non-hydrogen) atoms. The Bertz CT molecular complexity index is 2590. The van der Waals surface area contributed by atoms with Crippen molar-refractivity contribution >= 4 is 28.2 Å². The topological polar surface area (TPSA) is 3.24 Å². The van der Waals surface area contributed by atoms with Gasteiger partial charge in [-0.25, -0.2) is 0 Å². The van der Waals surface area contributed by atoms with Gasteiger partial charge in [0.25, 0.3) is 0 Å². The van der Waals surface area contributed by atoms with Gasteiger partial charge >= 0.3 is 0 Å². The Balaban J connectivity index is 1.18. The van der Waals surface area contributed by atoms with Crippen molar-refractivity contribution in [2.24, 2.45) is 5.92 Å². The van der Waals surface area contributed by atoms with Crippen LogP contribution in [-0.2, 0) is 5.41 Å². The lowest BCUT2D eigenvalue weighted by atomic mass is 9.82. The zero-order chi connectivity index (χ0) is 38.6. The number of anilines is 3. The van der Waals surface area contributed by atoms with Crippen molar-refractivity contribution in [2.45, 2.75) is 26.2 Å². The maximum Gasteiger partial charge on any atom is 0.0546 e. The van der Waals surface area contributed by atoms with Gasteiger partial charge in [-0.15, -0.1) is 0 Å². The van der Waals surface area contributed by atoms with E-state index < -0.39 is 0 Å². The van der Waals surface area contributed by atoms with Crippen molar-refractivity contribution < 1.29 is 0 Å². The van der Waals surface area contributed by atoms with Crippen LogP contribution in [0.4, 0.5) is 17.1 Å². The van der Waals surface area contributed by atoms with E-state index in [2.05, 4.69) is 232 Å². The molecular formula is C55H47N. The first-order valence-electron chi connectivity index (χ1n) is 19.5. The van der Waals surface area contributed by atoms with Crippen LogP contribution in [0.1, 0.15) is 43.0 Å². The van der Waals surface area contributed by atoms with E-state index in [1.165, 1.54) is 33.4 Å². The van der Waals surface area contributed by atoms with Gasteiger partial charge in [-0.1, -0.05) is 204 Å². The molecule has 0 fully saturated rings. The lowest BCUT2D eigenvalue weighted by Gasteiger charge is -2.31. The minimum absolute atomic E-state index is 0.121. The van der Waals surface area contributed by atoms with Crippen molar-refractivity contribution in [1.29, 1.82) is 0 Å². The summed E-state index contributed by atoms with van der Waals surface area (Å²) in [6.45, 7) is 16.1. The molecule has 272 valence electrons. The van der Waals surface area contributed by atoms with Gasteiger partial charge in [0, 0.05) is 22.4 Å². The van der Waals surface area contributed by atoms with E-state index in [4.69, 9.17) is 6.58 Å². The third kappa shape index (κ3) is 7.01. The first-order chi connectivity index (χ1) is 27.3. The molecule has 1 unspecified atom stereocenters. The fourth-order valence-corrected chi connectivity index (χ4v) is 8.16. The molecule has 0 amide bonds. The molecule has 1 atom stereocenters. The molecule has 7 aromatic rings. The van der Waals surface area contributed by atoms with Crippen LogP contribution >= 0.6 is 0 Å². The number of allylic oxidation sites excluding steroid dienone is 6. The monoisotopic (exact) mass is 721 g/mol. The summed E-state index contributed by atoms with van der Waals surface area (Å²) >= 11 is 0. The normalized spacial score (nSPS) is 13.3. The van der Waals surface area contributed by atoms with E-state index in [9.17, 15) is 0 Å². The Labute approximate surface area is 333 Å². The van der Waals surface area contributed by atoms with Crippen molar-refractivity contribution in [3.63, 3.8) is 0 Å². The van der Waals surface area contributed by atoms with Crippen LogP contribution < -0.4 is 4.90 Å².